The lowest BCUT2D eigenvalue weighted by Gasteiger charge is -2.30. The van der Waals surface area contributed by atoms with Crippen LogP contribution in [0.1, 0.15) is 75.7 Å². The first-order valence-corrected chi connectivity index (χ1v) is 15.3. The zero-order valence-corrected chi connectivity index (χ0v) is 23.4. The zero-order valence-electron chi connectivity index (χ0n) is 21.7. The summed E-state index contributed by atoms with van der Waals surface area (Å²) in [7, 11) is 3.73. The van der Waals surface area contributed by atoms with E-state index in [1.54, 1.807) is 30.6 Å². The largest absolute Gasteiger partial charge is 0.497 e. The predicted octanol–water partition coefficient (Wildman–Crippen LogP) is 8.05. The lowest BCUT2D eigenvalue weighted by atomic mass is 9.84. The van der Waals surface area contributed by atoms with Crippen molar-refractivity contribution in [2.75, 3.05) is 19.1 Å². The van der Waals surface area contributed by atoms with Crippen molar-refractivity contribution in [1.82, 2.24) is 4.90 Å². The van der Waals surface area contributed by atoms with Crippen LogP contribution in [0.3, 0.4) is 0 Å². The van der Waals surface area contributed by atoms with Gasteiger partial charge in [-0.1, -0.05) is 62.4 Å². The molecule has 0 aromatic heterocycles. The van der Waals surface area contributed by atoms with Crippen molar-refractivity contribution < 1.29 is 9.53 Å². The topological polar surface area (TPSA) is 45.1 Å². The van der Waals surface area contributed by atoms with E-state index in [-0.39, 0.29) is 11.9 Å². The Balaban J connectivity index is 1.32. The number of aliphatic imine (C=N–C) groups is 1. The molecule has 2 aliphatic heterocycles. The molecule has 0 atom stereocenters. The van der Waals surface area contributed by atoms with E-state index in [2.05, 4.69) is 35.2 Å². The molecule has 7 heteroatoms. The van der Waals surface area contributed by atoms with Crippen molar-refractivity contribution in [2.45, 2.75) is 81.1 Å². The Morgan fingerprint density at radius 1 is 0.892 bits per heavy atom. The molecule has 194 valence electrons. The SMILES string of the molecule is COc1ccc2c(c1)N(C)/C(=C1/SC(=Nc3ccc(C4CCCCC4)cc3)N(C3CCCCC3)C1=O)S2. The van der Waals surface area contributed by atoms with Crippen molar-refractivity contribution in [3.05, 3.63) is 58.0 Å². The summed E-state index contributed by atoms with van der Waals surface area (Å²) in [6.07, 6.45) is 12.3. The summed E-state index contributed by atoms with van der Waals surface area (Å²) < 4.78 is 5.44. The Labute approximate surface area is 228 Å². The van der Waals surface area contributed by atoms with E-state index < -0.39 is 0 Å². The van der Waals surface area contributed by atoms with Gasteiger partial charge in [-0.05, 0) is 73.2 Å². The number of amidine groups is 1. The fourth-order valence-corrected chi connectivity index (χ4v) is 8.46. The van der Waals surface area contributed by atoms with Crippen LogP contribution in [-0.4, -0.2) is 36.2 Å². The minimum atomic E-state index is 0.101. The molecule has 0 bridgehead atoms. The number of benzene rings is 2. The van der Waals surface area contributed by atoms with Crippen LogP contribution in [0.25, 0.3) is 0 Å². The van der Waals surface area contributed by atoms with Crippen molar-refractivity contribution in [3.63, 3.8) is 0 Å². The molecule has 0 spiro atoms. The molecule has 0 N–H and O–H groups in total. The number of thioether (sulfide) groups is 2. The molecule has 2 heterocycles. The number of hydrogen-bond donors (Lipinski definition) is 0. The van der Waals surface area contributed by atoms with Gasteiger partial charge in [0.15, 0.2) is 5.17 Å². The minimum Gasteiger partial charge on any atom is -0.497 e. The molecule has 0 radical (unpaired) electrons. The van der Waals surface area contributed by atoms with Gasteiger partial charge in [-0.25, -0.2) is 4.99 Å². The fraction of sp³-hybridized carbons (Fsp3) is 0.467. The van der Waals surface area contributed by atoms with Gasteiger partial charge in [0.25, 0.3) is 5.91 Å². The van der Waals surface area contributed by atoms with E-state index in [0.29, 0.717) is 5.92 Å². The second-order valence-corrected chi connectivity index (χ2v) is 12.5. The number of amides is 1. The maximum atomic E-state index is 14.0. The van der Waals surface area contributed by atoms with Gasteiger partial charge < -0.3 is 9.64 Å². The quantitative estimate of drug-likeness (QED) is 0.372. The van der Waals surface area contributed by atoms with Gasteiger partial charge in [0, 0.05) is 24.1 Å². The highest BCUT2D eigenvalue weighted by Gasteiger charge is 2.42. The van der Waals surface area contributed by atoms with Crippen molar-refractivity contribution >= 4 is 46.0 Å². The number of carbonyl (C=O) groups is 1. The molecule has 1 amide bonds. The Morgan fingerprint density at radius 2 is 1.59 bits per heavy atom. The Kier molecular flexibility index (Phi) is 7.26. The minimum absolute atomic E-state index is 0.101. The number of carbonyl (C=O) groups excluding carboxylic acids is 1. The smallest absolute Gasteiger partial charge is 0.269 e. The molecule has 0 unspecified atom stereocenters. The normalized spacial score (nSPS) is 24.3. The molecule has 1 saturated heterocycles. The number of hydrogen-bond acceptors (Lipinski definition) is 6. The Morgan fingerprint density at radius 3 is 2.30 bits per heavy atom. The zero-order chi connectivity index (χ0) is 25.4. The molecular weight excluding hydrogens is 498 g/mol. The van der Waals surface area contributed by atoms with E-state index in [1.165, 1.54) is 56.9 Å². The molecule has 2 aromatic rings. The summed E-state index contributed by atoms with van der Waals surface area (Å²) >= 11 is 3.21. The molecule has 37 heavy (non-hydrogen) atoms. The molecule has 2 aliphatic carbocycles. The van der Waals surface area contributed by atoms with Gasteiger partial charge in [0.1, 0.15) is 10.7 Å². The molecule has 3 fully saturated rings. The summed E-state index contributed by atoms with van der Waals surface area (Å²) in [4.78, 5) is 25.1. The summed E-state index contributed by atoms with van der Waals surface area (Å²) in [5, 5.41) is 1.81. The average Bonchev–Trinajstić information content (AvgIpc) is 3.45. The van der Waals surface area contributed by atoms with Crippen LogP contribution in [0.4, 0.5) is 11.4 Å². The van der Waals surface area contributed by atoms with E-state index in [0.717, 1.165) is 50.0 Å². The van der Waals surface area contributed by atoms with Crippen molar-refractivity contribution in [3.8, 4) is 5.75 Å². The summed E-state index contributed by atoms with van der Waals surface area (Å²) in [5.41, 5.74) is 3.44. The highest BCUT2D eigenvalue weighted by molar-refractivity contribution is 8.19. The third-order valence-electron chi connectivity index (χ3n) is 8.18. The lowest BCUT2D eigenvalue weighted by Crippen LogP contribution is -2.40. The lowest BCUT2D eigenvalue weighted by molar-refractivity contribution is -0.124. The fourth-order valence-electron chi connectivity index (χ4n) is 6.07. The maximum Gasteiger partial charge on any atom is 0.269 e. The van der Waals surface area contributed by atoms with Crippen molar-refractivity contribution in [1.29, 1.82) is 0 Å². The maximum absolute atomic E-state index is 14.0. The van der Waals surface area contributed by atoms with Crippen LogP contribution in [0.2, 0.25) is 0 Å². The first-order chi connectivity index (χ1) is 18.1. The van der Waals surface area contributed by atoms with Crippen LogP contribution in [0.5, 0.6) is 5.75 Å². The highest BCUT2D eigenvalue weighted by Crippen LogP contribution is 2.51. The van der Waals surface area contributed by atoms with Gasteiger partial charge in [0.2, 0.25) is 0 Å². The van der Waals surface area contributed by atoms with E-state index in [9.17, 15) is 4.79 Å². The van der Waals surface area contributed by atoms with Gasteiger partial charge in [-0.2, -0.15) is 0 Å². The first-order valence-electron chi connectivity index (χ1n) is 13.7. The number of fused-ring (bicyclic) bond motifs is 1. The second-order valence-electron chi connectivity index (χ2n) is 10.5. The van der Waals surface area contributed by atoms with Gasteiger partial charge in [0.05, 0.1) is 23.5 Å². The van der Waals surface area contributed by atoms with E-state index in [4.69, 9.17) is 9.73 Å². The monoisotopic (exact) mass is 533 g/mol. The highest BCUT2D eigenvalue weighted by atomic mass is 32.2. The van der Waals surface area contributed by atoms with Gasteiger partial charge in [-0.3, -0.25) is 9.69 Å². The van der Waals surface area contributed by atoms with Gasteiger partial charge >= 0.3 is 0 Å². The van der Waals surface area contributed by atoms with Gasteiger partial charge in [-0.15, -0.1) is 0 Å². The number of nitrogens with zero attached hydrogens (tertiary/aromatic N) is 3. The molecule has 2 aromatic carbocycles. The van der Waals surface area contributed by atoms with Crippen molar-refractivity contribution in [2.24, 2.45) is 4.99 Å². The summed E-state index contributed by atoms with van der Waals surface area (Å²) in [6, 6.07) is 15.1. The summed E-state index contributed by atoms with van der Waals surface area (Å²) in [6.45, 7) is 0. The average molecular weight is 534 g/mol. The van der Waals surface area contributed by atoms with Crippen LogP contribution < -0.4 is 9.64 Å². The Hall–Kier alpha value is -2.38. The molecule has 6 rings (SSSR count). The molecular formula is C30H35N3O2S2. The third-order valence-corrected chi connectivity index (χ3v) is 10.6. The van der Waals surface area contributed by atoms with Crippen LogP contribution >= 0.6 is 23.5 Å². The molecule has 5 nitrogen and oxygen atoms in total. The third kappa shape index (κ3) is 4.92. The predicted molar refractivity (Wildman–Crippen MR) is 155 cm³/mol. The number of ether oxygens (including phenoxy) is 1. The molecule has 4 aliphatic rings. The standard InChI is InChI=1S/C30H35N3O2S2/c1-32-25-19-24(35-2)17-18-26(25)36-29(32)27-28(34)33(23-11-7-4-8-12-23)30(37-27)31-22-15-13-21(14-16-22)20-9-5-3-6-10-20/h13-20,23H,3-12H2,1-2H3/b29-27-,31-30?. The van der Waals surface area contributed by atoms with Crippen LogP contribution in [0.15, 0.2) is 62.3 Å². The number of methoxy groups -OCH3 is 1. The van der Waals surface area contributed by atoms with E-state index in [1.807, 2.05) is 24.1 Å². The van der Waals surface area contributed by atoms with Crippen LogP contribution in [0, 0.1) is 0 Å². The second kappa shape index (κ2) is 10.8. The first kappa shape index (κ1) is 24.9. The number of rotatable bonds is 4. The van der Waals surface area contributed by atoms with Crippen LogP contribution in [-0.2, 0) is 4.79 Å². The summed E-state index contributed by atoms with van der Waals surface area (Å²) in [5.74, 6) is 1.61. The molecule has 2 saturated carbocycles. The van der Waals surface area contributed by atoms with E-state index >= 15 is 0 Å². The number of anilines is 1. The Bertz CT molecular complexity index is 1230.